The molecule has 4 heterocycles. The molecule has 0 amide bonds. The van der Waals surface area contributed by atoms with Gasteiger partial charge in [-0.1, -0.05) is 36.0 Å². The predicted octanol–water partition coefficient (Wildman–Crippen LogP) is 5.58. The number of hydrogen-bond acceptors (Lipinski definition) is 5. The molecular weight excluding hydrogens is 534 g/mol. The molecule has 5 rings (SSSR count). The lowest BCUT2D eigenvalue weighted by Crippen LogP contribution is -2.34. The molecule has 0 bridgehead atoms. The van der Waals surface area contributed by atoms with Crippen molar-refractivity contribution >= 4 is 48.5 Å². The van der Waals surface area contributed by atoms with Crippen molar-refractivity contribution in [3.8, 4) is 11.3 Å². The summed E-state index contributed by atoms with van der Waals surface area (Å²) in [6.07, 6.45) is 4.01. The van der Waals surface area contributed by atoms with Crippen LogP contribution >= 0.6 is 25.3 Å². The zero-order valence-electron chi connectivity index (χ0n) is 21.5. The SMILES string of the molecule is C=S(=C)(c1c(C)nn(C)c1C)N1CCC(CNc2cc(-c3ccccc3C)nc3c(Br)cnn23)CC1. The normalized spacial score (nSPS) is 15.6. The maximum Gasteiger partial charge on any atom is 0.172 e. The first kappa shape index (κ1) is 25.0. The Labute approximate surface area is 222 Å². The first-order valence-corrected chi connectivity index (χ1v) is 15.0. The van der Waals surface area contributed by atoms with Crippen molar-refractivity contribution < 1.29 is 0 Å². The Morgan fingerprint density at radius 3 is 2.53 bits per heavy atom. The van der Waals surface area contributed by atoms with Gasteiger partial charge < -0.3 is 5.32 Å². The smallest absolute Gasteiger partial charge is 0.172 e. The summed E-state index contributed by atoms with van der Waals surface area (Å²) in [5.74, 6) is 10.7. The largest absolute Gasteiger partial charge is 0.370 e. The van der Waals surface area contributed by atoms with Gasteiger partial charge in [0.2, 0.25) is 0 Å². The number of rotatable bonds is 6. The van der Waals surface area contributed by atoms with Gasteiger partial charge in [-0.05, 0) is 61.0 Å². The van der Waals surface area contributed by atoms with Crippen LogP contribution in [0.4, 0.5) is 5.82 Å². The fourth-order valence-electron chi connectivity index (χ4n) is 5.21. The van der Waals surface area contributed by atoms with Crippen LogP contribution in [0.5, 0.6) is 0 Å². The lowest BCUT2D eigenvalue weighted by Gasteiger charge is -2.37. The molecule has 1 aromatic carbocycles. The maximum atomic E-state index is 4.89. The monoisotopic (exact) mass is 567 g/mol. The van der Waals surface area contributed by atoms with Crippen LogP contribution in [0.15, 0.2) is 45.9 Å². The molecule has 0 aliphatic carbocycles. The van der Waals surface area contributed by atoms with E-state index in [9.17, 15) is 0 Å². The number of aryl methyl sites for hydroxylation is 3. The van der Waals surface area contributed by atoms with E-state index in [1.807, 2.05) is 16.2 Å². The van der Waals surface area contributed by atoms with Gasteiger partial charge in [0.25, 0.3) is 0 Å². The van der Waals surface area contributed by atoms with Crippen LogP contribution in [-0.2, 0) is 7.05 Å². The van der Waals surface area contributed by atoms with Crippen molar-refractivity contribution in [2.75, 3.05) is 25.0 Å². The van der Waals surface area contributed by atoms with Gasteiger partial charge in [0.1, 0.15) is 5.82 Å². The number of piperidine rings is 1. The zero-order valence-corrected chi connectivity index (χ0v) is 23.9. The van der Waals surface area contributed by atoms with Crippen LogP contribution in [0, 0.1) is 26.7 Å². The van der Waals surface area contributed by atoms with Gasteiger partial charge in [0, 0.05) is 44.0 Å². The van der Waals surface area contributed by atoms with E-state index in [0.717, 1.165) is 65.4 Å². The molecule has 0 unspecified atom stereocenters. The summed E-state index contributed by atoms with van der Waals surface area (Å²) in [6.45, 7) is 9.20. The Morgan fingerprint density at radius 2 is 1.86 bits per heavy atom. The van der Waals surface area contributed by atoms with E-state index in [2.05, 4.69) is 98.6 Å². The van der Waals surface area contributed by atoms with Crippen molar-refractivity contribution in [1.82, 2.24) is 28.7 Å². The maximum absolute atomic E-state index is 4.89. The Balaban J connectivity index is 1.31. The number of nitrogens with one attached hydrogen (secondary N) is 1. The second kappa shape index (κ2) is 9.68. The molecule has 1 aliphatic heterocycles. The summed E-state index contributed by atoms with van der Waals surface area (Å²) < 4.78 is 7.22. The summed E-state index contributed by atoms with van der Waals surface area (Å²) in [5.41, 5.74) is 6.33. The van der Waals surface area contributed by atoms with E-state index < -0.39 is 9.39 Å². The van der Waals surface area contributed by atoms with Crippen LogP contribution < -0.4 is 5.32 Å². The lowest BCUT2D eigenvalue weighted by atomic mass is 9.98. The predicted molar refractivity (Wildman–Crippen MR) is 156 cm³/mol. The fourth-order valence-corrected chi connectivity index (χ4v) is 7.99. The highest BCUT2D eigenvalue weighted by atomic mass is 79.9. The van der Waals surface area contributed by atoms with E-state index in [4.69, 9.17) is 4.98 Å². The van der Waals surface area contributed by atoms with Crippen molar-refractivity contribution in [2.24, 2.45) is 13.0 Å². The summed E-state index contributed by atoms with van der Waals surface area (Å²) in [6, 6.07) is 10.5. The minimum absolute atomic E-state index is 0.566. The summed E-state index contributed by atoms with van der Waals surface area (Å²) in [4.78, 5) is 6.12. The molecular formula is C27H34BrN7S. The number of aromatic nitrogens is 5. The molecule has 3 aromatic heterocycles. The van der Waals surface area contributed by atoms with Gasteiger partial charge in [-0.2, -0.15) is 14.7 Å². The minimum atomic E-state index is -1.56. The van der Waals surface area contributed by atoms with Gasteiger partial charge in [0.05, 0.1) is 27.0 Å². The van der Waals surface area contributed by atoms with Crippen molar-refractivity contribution in [2.45, 2.75) is 38.5 Å². The van der Waals surface area contributed by atoms with Crippen LogP contribution in [0.2, 0.25) is 0 Å². The van der Waals surface area contributed by atoms with Crippen molar-refractivity contribution in [3.63, 3.8) is 0 Å². The molecule has 0 saturated carbocycles. The number of halogens is 1. The van der Waals surface area contributed by atoms with Crippen LogP contribution in [-0.4, -0.2) is 60.1 Å². The summed E-state index contributed by atoms with van der Waals surface area (Å²) >= 11 is 3.62. The number of hydrogen-bond donors (Lipinski definition) is 1. The molecule has 0 atom stereocenters. The van der Waals surface area contributed by atoms with Crippen LogP contribution in [0.3, 0.4) is 0 Å². The van der Waals surface area contributed by atoms with E-state index in [1.54, 1.807) is 6.20 Å². The average molecular weight is 569 g/mol. The fraction of sp³-hybridized carbons (Fsp3) is 0.370. The first-order chi connectivity index (χ1) is 17.2. The second-order valence-electron chi connectivity index (χ2n) is 9.79. The molecule has 4 aromatic rings. The first-order valence-electron chi connectivity index (χ1n) is 12.3. The van der Waals surface area contributed by atoms with E-state index >= 15 is 0 Å². The standard InChI is InChI=1S/C27H34BrN7S/c1-18-9-7-8-10-22(18)24-15-25(35-27(31-24)23(28)17-30-35)29-16-21-11-13-34(14-12-21)36(5,6)26-19(2)32-33(4)20(26)3/h7-10,15,17,21,29H,5-6,11-14,16H2,1-4H3. The average Bonchev–Trinajstić information content (AvgIpc) is 3.36. The molecule has 36 heavy (non-hydrogen) atoms. The van der Waals surface area contributed by atoms with E-state index in [-0.39, 0.29) is 0 Å². The number of nitrogens with zero attached hydrogens (tertiary/aromatic N) is 6. The van der Waals surface area contributed by atoms with Crippen molar-refractivity contribution in [1.29, 1.82) is 0 Å². The Morgan fingerprint density at radius 1 is 1.14 bits per heavy atom. The van der Waals surface area contributed by atoms with Gasteiger partial charge >= 0.3 is 0 Å². The molecule has 1 aliphatic rings. The lowest BCUT2D eigenvalue weighted by molar-refractivity contribution is 0.300. The topological polar surface area (TPSA) is 63.3 Å². The zero-order chi connectivity index (χ0) is 25.6. The number of anilines is 1. The van der Waals surface area contributed by atoms with Gasteiger partial charge in [-0.25, -0.2) is 4.98 Å². The highest BCUT2D eigenvalue weighted by Gasteiger charge is 2.26. The van der Waals surface area contributed by atoms with Crippen molar-refractivity contribution in [3.05, 3.63) is 58.0 Å². The third-order valence-electron chi connectivity index (χ3n) is 7.31. The van der Waals surface area contributed by atoms with E-state index in [1.165, 1.54) is 16.2 Å². The quantitative estimate of drug-likeness (QED) is 0.308. The summed E-state index contributed by atoms with van der Waals surface area (Å²) in [5, 5.41) is 12.9. The molecule has 1 saturated heterocycles. The molecule has 7 nitrogen and oxygen atoms in total. The van der Waals surface area contributed by atoms with Crippen LogP contribution in [0.25, 0.3) is 16.9 Å². The molecule has 0 radical (unpaired) electrons. The van der Waals surface area contributed by atoms with E-state index in [0.29, 0.717) is 5.92 Å². The highest BCUT2D eigenvalue weighted by Crippen LogP contribution is 2.42. The third kappa shape index (κ3) is 4.48. The third-order valence-corrected chi connectivity index (χ3v) is 10.6. The Hall–Kier alpha value is -2.62. The van der Waals surface area contributed by atoms with Gasteiger partial charge in [-0.3, -0.25) is 8.99 Å². The molecule has 190 valence electrons. The molecule has 0 spiro atoms. The summed E-state index contributed by atoms with van der Waals surface area (Å²) in [7, 11) is 0.441. The minimum Gasteiger partial charge on any atom is -0.370 e. The second-order valence-corrected chi connectivity index (χ2v) is 13.3. The highest BCUT2D eigenvalue weighted by molar-refractivity contribution is 9.10. The molecule has 9 heteroatoms. The number of fused-ring (bicyclic) bond motifs is 1. The Bertz CT molecular complexity index is 1530. The molecule has 1 fully saturated rings. The molecule has 1 N–H and O–H groups in total. The van der Waals surface area contributed by atoms with Crippen LogP contribution in [0.1, 0.15) is 29.8 Å². The number of benzene rings is 1. The Kier molecular flexibility index (Phi) is 6.74. The van der Waals surface area contributed by atoms with Gasteiger partial charge in [0.15, 0.2) is 5.65 Å². The van der Waals surface area contributed by atoms with Gasteiger partial charge in [-0.15, -0.1) is 9.39 Å².